The highest BCUT2D eigenvalue weighted by Gasteiger charge is 2.31. The summed E-state index contributed by atoms with van der Waals surface area (Å²) < 4.78 is 36.0. The molecule has 3 N–H and O–H groups in total. The molecule has 0 radical (unpaired) electrons. The van der Waals surface area contributed by atoms with Crippen molar-refractivity contribution in [1.82, 2.24) is 0 Å². The summed E-state index contributed by atoms with van der Waals surface area (Å²) in [6.07, 6.45) is -6.21. The summed E-state index contributed by atoms with van der Waals surface area (Å²) in [4.78, 5) is 22.3. The summed E-state index contributed by atoms with van der Waals surface area (Å²) in [5.41, 5.74) is 5.58. The molecule has 18 heavy (non-hydrogen) atoms. The van der Waals surface area contributed by atoms with Crippen LogP contribution in [0.1, 0.15) is 22.3 Å². The van der Waals surface area contributed by atoms with Crippen LogP contribution in [0.3, 0.4) is 0 Å². The fourth-order valence-electron chi connectivity index (χ4n) is 1.48. The van der Waals surface area contributed by atoms with E-state index in [-0.39, 0.29) is 11.3 Å². The molecule has 0 saturated carbocycles. The van der Waals surface area contributed by atoms with Crippen LogP contribution in [0.15, 0.2) is 18.2 Å². The number of rotatable bonds is 3. The van der Waals surface area contributed by atoms with E-state index in [1.165, 1.54) is 12.1 Å². The number of nitrogens with one attached hydrogen (secondary N) is 1. The van der Waals surface area contributed by atoms with Crippen molar-refractivity contribution in [3.05, 3.63) is 29.3 Å². The Bertz CT molecular complexity index is 484. The van der Waals surface area contributed by atoms with Crippen molar-refractivity contribution in [3.8, 4) is 0 Å². The lowest BCUT2D eigenvalue weighted by Gasteiger charge is -2.12. The quantitative estimate of drug-likeness (QED) is 0.872. The zero-order chi connectivity index (χ0) is 13.9. The molecule has 4 nitrogen and oxygen atoms in total. The van der Waals surface area contributed by atoms with Crippen molar-refractivity contribution in [2.45, 2.75) is 19.5 Å². The number of amides is 2. The lowest BCUT2D eigenvalue weighted by Crippen LogP contribution is -2.23. The van der Waals surface area contributed by atoms with E-state index in [0.29, 0.717) is 5.56 Å². The highest BCUT2D eigenvalue weighted by Crippen LogP contribution is 2.23. The maximum Gasteiger partial charge on any atom is 0.397 e. The second kappa shape index (κ2) is 5.07. The lowest BCUT2D eigenvalue weighted by molar-refractivity contribution is -0.150. The first kappa shape index (κ1) is 14.0. The third-order valence-corrected chi connectivity index (χ3v) is 2.15. The van der Waals surface area contributed by atoms with Crippen LogP contribution < -0.4 is 11.1 Å². The summed E-state index contributed by atoms with van der Waals surface area (Å²) in [6, 6.07) is 4.39. The van der Waals surface area contributed by atoms with Crippen molar-refractivity contribution in [2.75, 3.05) is 5.32 Å². The summed E-state index contributed by atoms with van der Waals surface area (Å²) in [5.74, 6) is -2.05. The van der Waals surface area contributed by atoms with E-state index >= 15 is 0 Å². The number of carbonyl (C=O) groups is 2. The predicted molar refractivity (Wildman–Crippen MR) is 59.0 cm³/mol. The molecule has 0 aliphatic carbocycles. The Hall–Kier alpha value is -2.05. The van der Waals surface area contributed by atoms with Gasteiger partial charge in [0.1, 0.15) is 6.42 Å². The van der Waals surface area contributed by atoms with E-state index < -0.39 is 24.4 Å². The first-order chi connectivity index (χ1) is 8.20. The number of primary amides is 1. The number of benzene rings is 1. The lowest BCUT2D eigenvalue weighted by atomic mass is 10.1. The SMILES string of the molecule is Cc1cccc(NC(=O)CC(F)(F)F)c1C(N)=O. The van der Waals surface area contributed by atoms with Crippen LogP contribution in [0.2, 0.25) is 0 Å². The van der Waals surface area contributed by atoms with Gasteiger partial charge in [-0.05, 0) is 18.6 Å². The molecule has 0 unspecified atom stereocenters. The number of carbonyl (C=O) groups excluding carboxylic acids is 2. The van der Waals surface area contributed by atoms with E-state index in [4.69, 9.17) is 5.73 Å². The molecule has 1 aromatic carbocycles. The van der Waals surface area contributed by atoms with E-state index in [1.807, 2.05) is 5.32 Å². The monoisotopic (exact) mass is 260 g/mol. The molecule has 1 aromatic rings. The van der Waals surface area contributed by atoms with Gasteiger partial charge >= 0.3 is 6.18 Å². The Kier molecular flexibility index (Phi) is 3.95. The third-order valence-electron chi connectivity index (χ3n) is 2.15. The molecule has 0 spiro atoms. The molecular formula is C11H11F3N2O2. The molecule has 7 heteroatoms. The minimum absolute atomic E-state index is 0.00743. The molecule has 0 heterocycles. The number of nitrogens with two attached hydrogens (primary N) is 1. The smallest absolute Gasteiger partial charge is 0.366 e. The zero-order valence-electron chi connectivity index (χ0n) is 9.47. The van der Waals surface area contributed by atoms with Crippen LogP contribution in [0.25, 0.3) is 0 Å². The normalized spacial score (nSPS) is 11.1. The minimum Gasteiger partial charge on any atom is -0.366 e. The molecule has 0 atom stereocenters. The second-order valence-corrected chi connectivity index (χ2v) is 3.70. The number of aryl methyl sites for hydroxylation is 1. The molecule has 1 rings (SSSR count). The number of anilines is 1. The molecule has 0 aromatic heterocycles. The number of halogens is 3. The van der Waals surface area contributed by atoms with Gasteiger partial charge in [-0.3, -0.25) is 9.59 Å². The van der Waals surface area contributed by atoms with Crippen LogP contribution in [0.4, 0.5) is 18.9 Å². The van der Waals surface area contributed by atoms with Gasteiger partial charge in [0.05, 0.1) is 11.3 Å². The molecular weight excluding hydrogens is 249 g/mol. The fraction of sp³-hybridized carbons (Fsp3) is 0.273. The summed E-state index contributed by atoms with van der Waals surface area (Å²) in [7, 11) is 0. The van der Waals surface area contributed by atoms with Gasteiger partial charge in [-0.25, -0.2) is 0 Å². The molecule has 0 fully saturated rings. The highest BCUT2D eigenvalue weighted by molar-refractivity contribution is 6.04. The van der Waals surface area contributed by atoms with E-state index in [2.05, 4.69) is 0 Å². The van der Waals surface area contributed by atoms with Gasteiger partial charge in [-0.2, -0.15) is 13.2 Å². The maximum absolute atomic E-state index is 12.0. The molecule has 0 aliphatic heterocycles. The van der Waals surface area contributed by atoms with Gasteiger partial charge in [0.2, 0.25) is 5.91 Å². The highest BCUT2D eigenvalue weighted by atomic mass is 19.4. The summed E-state index contributed by atoms with van der Waals surface area (Å²) in [5, 5.41) is 2.03. The van der Waals surface area contributed by atoms with Crippen molar-refractivity contribution < 1.29 is 22.8 Å². The van der Waals surface area contributed by atoms with Gasteiger partial charge in [0.25, 0.3) is 5.91 Å². The first-order valence-electron chi connectivity index (χ1n) is 4.96. The summed E-state index contributed by atoms with van der Waals surface area (Å²) >= 11 is 0. The van der Waals surface area contributed by atoms with Gasteiger partial charge in [-0.15, -0.1) is 0 Å². The first-order valence-corrected chi connectivity index (χ1v) is 4.96. The van der Waals surface area contributed by atoms with Crippen molar-refractivity contribution in [3.63, 3.8) is 0 Å². The van der Waals surface area contributed by atoms with E-state index in [0.717, 1.165) is 0 Å². The maximum atomic E-state index is 12.0. The Labute approximate surface area is 101 Å². The van der Waals surface area contributed by atoms with Crippen LogP contribution in [0, 0.1) is 6.92 Å². The summed E-state index contributed by atoms with van der Waals surface area (Å²) in [6.45, 7) is 1.57. The van der Waals surface area contributed by atoms with Crippen LogP contribution in [0.5, 0.6) is 0 Å². The number of alkyl halides is 3. The van der Waals surface area contributed by atoms with E-state index in [1.54, 1.807) is 13.0 Å². The molecule has 2 amide bonds. The van der Waals surface area contributed by atoms with E-state index in [9.17, 15) is 22.8 Å². The fourth-order valence-corrected chi connectivity index (χ4v) is 1.48. The minimum atomic E-state index is -4.60. The van der Waals surface area contributed by atoms with Crippen molar-refractivity contribution in [2.24, 2.45) is 5.73 Å². The average molecular weight is 260 g/mol. The average Bonchev–Trinajstić information content (AvgIpc) is 2.13. The second-order valence-electron chi connectivity index (χ2n) is 3.70. The predicted octanol–water partition coefficient (Wildman–Crippen LogP) is 1.98. The van der Waals surface area contributed by atoms with Gasteiger partial charge in [0, 0.05) is 0 Å². The number of hydrogen-bond acceptors (Lipinski definition) is 2. The zero-order valence-corrected chi connectivity index (χ0v) is 9.47. The van der Waals surface area contributed by atoms with Gasteiger partial charge in [0.15, 0.2) is 0 Å². The Morgan fingerprint density at radius 1 is 1.33 bits per heavy atom. The van der Waals surface area contributed by atoms with Crippen molar-refractivity contribution >= 4 is 17.5 Å². The van der Waals surface area contributed by atoms with Crippen LogP contribution in [-0.4, -0.2) is 18.0 Å². The topological polar surface area (TPSA) is 72.2 Å². The third kappa shape index (κ3) is 3.76. The Balaban J connectivity index is 2.95. The van der Waals surface area contributed by atoms with Gasteiger partial charge < -0.3 is 11.1 Å². The number of hydrogen-bond donors (Lipinski definition) is 2. The molecule has 0 aliphatic rings. The Morgan fingerprint density at radius 3 is 2.44 bits per heavy atom. The molecule has 0 saturated heterocycles. The molecule has 98 valence electrons. The van der Waals surface area contributed by atoms with Crippen LogP contribution in [-0.2, 0) is 4.79 Å². The molecule has 0 bridgehead atoms. The standard InChI is InChI=1S/C11H11F3N2O2/c1-6-3-2-4-7(9(6)10(15)18)16-8(17)5-11(12,13)14/h2-4H,5H2,1H3,(H2,15,18)(H,16,17). The van der Waals surface area contributed by atoms with Crippen LogP contribution >= 0.6 is 0 Å². The Morgan fingerprint density at radius 2 is 1.94 bits per heavy atom. The van der Waals surface area contributed by atoms with Crippen molar-refractivity contribution in [1.29, 1.82) is 0 Å². The van der Waals surface area contributed by atoms with Gasteiger partial charge in [-0.1, -0.05) is 12.1 Å². The largest absolute Gasteiger partial charge is 0.397 e.